The van der Waals surface area contributed by atoms with Crippen LogP contribution in [0.3, 0.4) is 0 Å². The van der Waals surface area contributed by atoms with Gasteiger partial charge in [0.1, 0.15) is 5.75 Å². The zero-order chi connectivity index (χ0) is 16.1. The molecule has 1 fully saturated rings. The van der Waals surface area contributed by atoms with Gasteiger partial charge in [0.15, 0.2) is 5.82 Å². The fourth-order valence-corrected chi connectivity index (χ4v) is 3.31. The van der Waals surface area contributed by atoms with Gasteiger partial charge < -0.3 is 4.74 Å². The van der Waals surface area contributed by atoms with Crippen LogP contribution >= 0.6 is 15.9 Å². The van der Waals surface area contributed by atoms with Crippen molar-refractivity contribution in [1.29, 1.82) is 0 Å². The summed E-state index contributed by atoms with van der Waals surface area (Å²) in [5, 5.41) is 0. The van der Waals surface area contributed by atoms with Crippen molar-refractivity contribution in [3.63, 3.8) is 0 Å². The molecule has 3 rings (SSSR count). The smallest absolute Gasteiger partial charge is 0.159 e. The monoisotopic (exact) mass is 373 g/mol. The number of nitrogens with zero attached hydrogens (tertiary/aromatic N) is 2. The molecule has 0 spiro atoms. The van der Waals surface area contributed by atoms with Crippen LogP contribution in [0.15, 0.2) is 35.1 Å². The summed E-state index contributed by atoms with van der Waals surface area (Å²) >= 11 is 3.61. The molecule has 1 radical (unpaired) electrons. The molecule has 1 aromatic carbocycles. The molecule has 1 aliphatic carbocycles. The molecule has 1 aromatic heterocycles. The highest BCUT2D eigenvalue weighted by Gasteiger charge is 2.15. The Kier molecular flexibility index (Phi) is 5.65. The first-order chi connectivity index (χ1) is 11.3. The van der Waals surface area contributed by atoms with Crippen LogP contribution in [0.2, 0.25) is 0 Å². The van der Waals surface area contributed by atoms with Crippen molar-refractivity contribution in [2.75, 3.05) is 6.61 Å². The molecule has 0 bridgehead atoms. The fraction of sp³-hybridized carbons (Fsp3) is 0.421. The van der Waals surface area contributed by atoms with Gasteiger partial charge in [-0.1, -0.05) is 6.92 Å². The van der Waals surface area contributed by atoms with Gasteiger partial charge in [-0.3, -0.25) is 0 Å². The van der Waals surface area contributed by atoms with Gasteiger partial charge >= 0.3 is 0 Å². The topological polar surface area (TPSA) is 35.0 Å². The molecule has 1 heterocycles. The molecule has 0 amide bonds. The van der Waals surface area contributed by atoms with Crippen molar-refractivity contribution in [2.24, 2.45) is 5.92 Å². The van der Waals surface area contributed by atoms with E-state index in [1.165, 1.54) is 25.7 Å². The van der Waals surface area contributed by atoms with Crippen LogP contribution in [0.5, 0.6) is 5.75 Å². The number of hydrogen-bond donors (Lipinski definition) is 0. The second-order valence-electron chi connectivity index (χ2n) is 6.03. The minimum atomic E-state index is 0.677. The van der Waals surface area contributed by atoms with Crippen LogP contribution in [-0.2, 0) is 6.42 Å². The number of rotatable bonds is 5. The van der Waals surface area contributed by atoms with Crippen molar-refractivity contribution in [1.82, 2.24) is 9.97 Å². The molecule has 23 heavy (non-hydrogen) atoms. The van der Waals surface area contributed by atoms with Crippen LogP contribution in [0.25, 0.3) is 11.4 Å². The summed E-state index contributed by atoms with van der Waals surface area (Å²) in [4.78, 5) is 8.87. The van der Waals surface area contributed by atoms with Gasteiger partial charge in [0.25, 0.3) is 0 Å². The highest BCUT2D eigenvalue weighted by Crippen LogP contribution is 2.31. The number of benzene rings is 1. The standard InChI is InChI=1S/C19H22BrN2O/c1-2-14-11-21-19(22-12-14)16-8-9-18(17(20)10-16)23-13-15-6-4-3-5-7-15/h3,8-12,15H,2,4-7,13H2,1H3. The molecule has 0 saturated heterocycles. The Morgan fingerprint density at radius 3 is 2.57 bits per heavy atom. The summed E-state index contributed by atoms with van der Waals surface area (Å²) in [5.41, 5.74) is 2.15. The maximum absolute atomic E-state index is 6.00. The third-order valence-electron chi connectivity index (χ3n) is 4.34. The molecule has 0 aliphatic heterocycles. The van der Waals surface area contributed by atoms with Crippen molar-refractivity contribution in [2.45, 2.75) is 39.0 Å². The van der Waals surface area contributed by atoms with Gasteiger partial charge in [-0.2, -0.15) is 0 Å². The van der Waals surface area contributed by atoms with Crippen molar-refractivity contribution < 1.29 is 4.74 Å². The van der Waals surface area contributed by atoms with Gasteiger partial charge in [-0.25, -0.2) is 9.97 Å². The van der Waals surface area contributed by atoms with E-state index >= 15 is 0 Å². The van der Waals surface area contributed by atoms with Gasteiger partial charge in [0.05, 0.1) is 11.1 Å². The van der Waals surface area contributed by atoms with E-state index in [0.717, 1.165) is 40.2 Å². The Morgan fingerprint density at radius 2 is 1.91 bits per heavy atom. The summed E-state index contributed by atoms with van der Waals surface area (Å²) in [5.74, 6) is 2.32. The van der Waals surface area contributed by atoms with E-state index in [2.05, 4.69) is 39.2 Å². The summed E-state index contributed by atoms with van der Waals surface area (Å²) < 4.78 is 6.96. The maximum Gasteiger partial charge on any atom is 0.159 e. The van der Waals surface area contributed by atoms with E-state index in [1.807, 2.05) is 30.6 Å². The zero-order valence-corrected chi connectivity index (χ0v) is 15.1. The van der Waals surface area contributed by atoms with Crippen LogP contribution in [0, 0.1) is 12.3 Å². The predicted molar refractivity (Wildman–Crippen MR) is 96.3 cm³/mol. The van der Waals surface area contributed by atoms with E-state index in [4.69, 9.17) is 4.74 Å². The molecule has 121 valence electrons. The Balaban J connectivity index is 1.67. The molecule has 3 nitrogen and oxygen atoms in total. The first kappa shape index (κ1) is 16.4. The highest BCUT2D eigenvalue weighted by atomic mass is 79.9. The lowest BCUT2D eigenvalue weighted by Gasteiger charge is -2.21. The lowest BCUT2D eigenvalue weighted by atomic mass is 9.90. The second kappa shape index (κ2) is 7.91. The highest BCUT2D eigenvalue weighted by molar-refractivity contribution is 9.10. The zero-order valence-electron chi connectivity index (χ0n) is 13.5. The third-order valence-corrected chi connectivity index (χ3v) is 4.96. The van der Waals surface area contributed by atoms with Gasteiger partial charge in [-0.15, -0.1) is 0 Å². The maximum atomic E-state index is 6.00. The Bertz CT molecular complexity index is 636. The van der Waals surface area contributed by atoms with Crippen LogP contribution in [0.1, 0.15) is 38.2 Å². The minimum Gasteiger partial charge on any atom is -0.492 e. The molecule has 2 aromatic rings. The summed E-state index contributed by atoms with van der Waals surface area (Å²) in [6.07, 6.45) is 12.0. The van der Waals surface area contributed by atoms with E-state index in [1.54, 1.807) is 0 Å². The molecule has 0 atom stereocenters. The molecular formula is C19H22BrN2O. The lowest BCUT2D eigenvalue weighted by Crippen LogP contribution is -2.15. The number of ether oxygens (including phenoxy) is 1. The third kappa shape index (κ3) is 4.31. The van der Waals surface area contributed by atoms with Gasteiger partial charge in [0, 0.05) is 18.0 Å². The molecule has 0 unspecified atom stereocenters. The Hall–Kier alpha value is -1.42. The van der Waals surface area contributed by atoms with Crippen molar-refractivity contribution >= 4 is 15.9 Å². The van der Waals surface area contributed by atoms with Gasteiger partial charge in [0.2, 0.25) is 0 Å². The largest absolute Gasteiger partial charge is 0.492 e. The van der Waals surface area contributed by atoms with E-state index < -0.39 is 0 Å². The van der Waals surface area contributed by atoms with E-state index in [0.29, 0.717) is 5.92 Å². The molecular weight excluding hydrogens is 352 g/mol. The van der Waals surface area contributed by atoms with Crippen LogP contribution < -0.4 is 4.74 Å². The average Bonchev–Trinajstić information content (AvgIpc) is 2.61. The number of hydrogen-bond acceptors (Lipinski definition) is 3. The van der Waals surface area contributed by atoms with Crippen molar-refractivity contribution in [3.05, 3.63) is 47.0 Å². The average molecular weight is 374 g/mol. The molecule has 0 N–H and O–H groups in total. The summed E-state index contributed by atoms with van der Waals surface area (Å²) in [6.45, 7) is 2.90. The number of aryl methyl sites for hydroxylation is 1. The van der Waals surface area contributed by atoms with E-state index in [9.17, 15) is 0 Å². The number of aromatic nitrogens is 2. The van der Waals surface area contributed by atoms with E-state index in [-0.39, 0.29) is 0 Å². The molecule has 1 aliphatic rings. The molecule has 1 saturated carbocycles. The predicted octanol–water partition coefficient (Wildman–Crippen LogP) is 5.24. The first-order valence-corrected chi connectivity index (χ1v) is 9.11. The normalized spacial score (nSPS) is 15.6. The summed E-state index contributed by atoms with van der Waals surface area (Å²) in [6, 6.07) is 6.06. The molecule has 4 heteroatoms. The second-order valence-corrected chi connectivity index (χ2v) is 6.89. The Labute approximate surface area is 146 Å². The number of halogens is 1. The lowest BCUT2D eigenvalue weighted by molar-refractivity contribution is 0.220. The van der Waals surface area contributed by atoms with Crippen LogP contribution in [0.4, 0.5) is 0 Å². The van der Waals surface area contributed by atoms with Gasteiger partial charge in [-0.05, 0) is 84.1 Å². The van der Waals surface area contributed by atoms with Crippen molar-refractivity contribution in [3.8, 4) is 17.1 Å². The fourth-order valence-electron chi connectivity index (χ4n) is 2.81. The first-order valence-electron chi connectivity index (χ1n) is 8.31. The summed E-state index contributed by atoms with van der Waals surface area (Å²) in [7, 11) is 0. The minimum absolute atomic E-state index is 0.677. The Morgan fingerprint density at radius 1 is 1.17 bits per heavy atom. The SMILES string of the molecule is CCc1cnc(-c2ccc(OCC3CC[CH]CC3)c(Br)c2)nc1. The quantitative estimate of drug-likeness (QED) is 0.718. The van der Waals surface area contributed by atoms with Crippen LogP contribution in [-0.4, -0.2) is 16.6 Å².